The van der Waals surface area contributed by atoms with Crippen LogP contribution in [0.4, 0.5) is 0 Å². The molecule has 3 unspecified atom stereocenters. The standard InChI is InChI=1S/C15H25N3OS2/c1-9-10(2)21-12(8-20-9)14-17-11(6-13(19)18-14)7-16-15(3,4)5/h6,9-10,12,16H,7-8H2,1-5H3,(H,17,18,19). The molecule has 2 N–H and O–H groups in total. The third-order valence-electron chi connectivity index (χ3n) is 3.47. The first-order valence-corrected chi connectivity index (χ1v) is 9.36. The Morgan fingerprint density at radius 3 is 2.71 bits per heavy atom. The van der Waals surface area contributed by atoms with Crippen LogP contribution in [-0.2, 0) is 6.54 Å². The first-order valence-electron chi connectivity index (χ1n) is 7.37. The first kappa shape index (κ1) is 16.9. The molecule has 21 heavy (non-hydrogen) atoms. The molecule has 0 aromatic carbocycles. The highest BCUT2D eigenvalue weighted by atomic mass is 32.2. The molecule has 118 valence electrons. The van der Waals surface area contributed by atoms with Gasteiger partial charge in [0, 0.05) is 34.4 Å². The van der Waals surface area contributed by atoms with Crippen molar-refractivity contribution in [2.45, 2.75) is 62.5 Å². The molecule has 1 aliphatic rings. The number of aromatic nitrogens is 2. The van der Waals surface area contributed by atoms with Crippen molar-refractivity contribution in [3.63, 3.8) is 0 Å². The fourth-order valence-corrected chi connectivity index (χ4v) is 4.92. The molecule has 1 fully saturated rings. The molecule has 1 aromatic rings. The molecule has 0 amide bonds. The molecule has 0 saturated carbocycles. The normalized spacial score (nSPS) is 26.8. The van der Waals surface area contributed by atoms with Crippen molar-refractivity contribution < 1.29 is 0 Å². The van der Waals surface area contributed by atoms with Crippen LogP contribution >= 0.6 is 23.5 Å². The van der Waals surface area contributed by atoms with E-state index in [-0.39, 0.29) is 16.3 Å². The van der Waals surface area contributed by atoms with Crippen molar-refractivity contribution in [1.29, 1.82) is 0 Å². The third kappa shape index (κ3) is 5.04. The van der Waals surface area contributed by atoms with E-state index in [1.807, 2.05) is 23.5 Å². The Kier molecular flexibility index (Phi) is 5.43. The second-order valence-corrected chi connectivity index (χ2v) is 9.59. The number of aromatic amines is 1. The van der Waals surface area contributed by atoms with E-state index in [0.29, 0.717) is 17.0 Å². The Bertz CT molecular complexity index is 538. The number of rotatable bonds is 3. The van der Waals surface area contributed by atoms with Crippen LogP contribution in [-0.4, -0.2) is 31.8 Å². The number of hydrogen-bond acceptors (Lipinski definition) is 5. The quantitative estimate of drug-likeness (QED) is 0.894. The lowest BCUT2D eigenvalue weighted by Crippen LogP contribution is -2.36. The van der Waals surface area contributed by atoms with E-state index < -0.39 is 0 Å². The maximum absolute atomic E-state index is 11.9. The summed E-state index contributed by atoms with van der Waals surface area (Å²) in [6.45, 7) is 11.5. The summed E-state index contributed by atoms with van der Waals surface area (Å²) in [7, 11) is 0. The minimum atomic E-state index is -0.0532. The first-order chi connectivity index (χ1) is 9.74. The van der Waals surface area contributed by atoms with E-state index in [4.69, 9.17) is 0 Å². The lowest BCUT2D eigenvalue weighted by atomic mass is 10.1. The summed E-state index contributed by atoms with van der Waals surface area (Å²) in [5.74, 6) is 1.83. The number of thioether (sulfide) groups is 2. The summed E-state index contributed by atoms with van der Waals surface area (Å²) >= 11 is 3.87. The zero-order valence-corrected chi connectivity index (χ0v) is 15.0. The van der Waals surface area contributed by atoms with E-state index >= 15 is 0 Å². The van der Waals surface area contributed by atoms with Gasteiger partial charge >= 0.3 is 0 Å². The highest BCUT2D eigenvalue weighted by Gasteiger charge is 2.28. The highest BCUT2D eigenvalue weighted by molar-refractivity contribution is 8.07. The van der Waals surface area contributed by atoms with E-state index in [1.54, 1.807) is 6.07 Å². The van der Waals surface area contributed by atoms with Gasteiger partial charge < -0.3 is 10.3 Å². The average molecular weight is 328 g/mol. The molecule has 1 saturated heterocycles. The molecule has 2 heterocycles. The molecule has 3 atom stereocenters. The van der Waals surface area contributed by atoms with E-state index in [2.05, 4.69) is 49.9 Å². The van der Waals surface area contributed by atoms with Crippen molar-refractivity contribution in [1.82, 2.24) is 15.3 Å². The van der Waals surface area contributed by atoms with Gasteiger partial charge in [0.25, 0.3) is 5.56 Å². The molecule has 6 heteroatoms. The predicted molar refractivity (Wildman–Crippen MR) is 93.2 cm³/mol. The molecular weight excluding hydrogens is 302 g/mol. The third-order valence-corrected chi connectivity index (χ3v) is 6.87. The summed E-state index contributed by atoms with van der Waals surface area (Å²) in [4.78, 5) is 19.5. The molecule has 4 nitrogen and oxygen atoms in total. The Morgan fingerprint density at radius 2 is 2.10 bits per heavy atom. The Morgan fingerprint density at radius 1 is 1.38 bits per heavy atom. The van der Waals surface area contributed by atoms with Crippen LogP contribution in [0.3, 0.4) is 0 Å². The van der Waals surface area contributed by atoms with Gasteiger partial charge in [-0.05, 0) is 20.8 Å². The van der Waals surface area contributed by atoms with Gasteiger partial charge in [-0.1, -0.05) is 13.8 Å². The largest absolute Gasteiger partial charge is 0.310 e. The second-order valence-electron chi connectivity index (χ2n) is 6.59. The predicted octanol–water partition coefficient (Wildman–Crippen LogP) is 2.96. The summed E-state index contributed by atoms with van der Waals surface area (Å²) in [6, 6.07) is 1.59. The van der Waals surface area contributed by atoms with Gasteiger partial charge in [0.15, 0.2) is 0 Å². The lowest BCUT2D eigenvalue weighted by molar-refractivity contribution is 0.420. The molecule has 0 spiro atoms. The van der Waals surface area contributed by atoms with E-state index in [9.17, 15) is 4.79 Å². The van der Waals surface area contributed by atoms with Crippen LogP contribution in [0.1, 0.15) is 51.4 Å². The summed E-state index contributed by atoms with van der Waals surface area (Å²) < 4.78 is 0. The fourth-order valence-electron chi connectivity index (χ4n) is 2.05. The van der Waals surface area contributed by atoms with Gasteiger partial charge in [-0.2, -0.15) is 11.8 Å². The molecular formula is C15H25N3OS2. The van der Waals surface area contributed by atoms with E-state index in [1.165, 1.54) is 0 Å². The Labute approximate surface area is 135 Å². The Hall–Kier alpha value is -0.460. The number of nitrogens with one attached hydrogen (secondary N) is 2. The summed E-state index contributed by atoms with van der Waals surface area (Å²) in [5, 5.41) is 4.90. The Balaban J connectivity index is 2.13. The fraction of sp³-hybridized carbons (Fsp3) is 0.733. The lowest BCUT2D eigenvalue weighted by Gasteiger charge is -2.30. The van der Waals surface area contributed by atoms with Gasteiger partial charge in [-0.25, -0.2) is 4.98 Å². The molecule has 1 aromatic heterocycles. The minimum Gasteiger partial charge on any atom is -0.310 e. The monoisotopic (exact) mass is 327 g/mol. The molecule has 0 radical (unpaired) electrons. The smallest absolute Gasteiger partial charge is 0.251 e. The number of H-pyrrole nitrogens is 1. The van der Waals surface area contributed by atoms with Crippen LogP contribution in [0.25, 0.3) is 0 Å². The molecule has 1 aliphatic heterocycles. The van der Waals surface area contributed by atoms with Crippen molar-refractivity contribution in [3.8, 4) is 0 Å². The summed E-state index contributed by atoms with van der Waals surface area (Å²) in [6.07, 6.45) is 0. The topological polar surface area (TPSA) is 57.8 Å². The zero-order valence-electron chi connectivity index (χ0n) is 13.4. The number of hydrogen-bond donors (Lipinski definition) is 2. The maximum atomic E-state index is 11.9. The van der Waals surface area contributed by atoms with Crippen molar-refractivity contribution >= 4 is 23.5 Å². The summed E-state index contributed by atoms with van der Waals surface area (Å²) in [5.41, 5.74) is 0.784. The van der Waals surface area contributed by atoms with Crippen LogP contribution in [0.2, 0.25) is 0 Å². The van der Waals surface area contributed by atoms with Gasteiger partial charge in [0.1, 0.15) is 5.82 Å². The minimum absolute atomic E-state index is 0.0177. The SMILES string of the molecule is CC1SCC(c2nc(CNC(C)(C)C)cc(=O)[nH]2)SC1C. The van der Waals surface area contributed by atoms with E-state index in [0.717, 1.165) is 17.3 Å². The zero-order chi connectivity index (χ0) is 15.6. The van der Waals surface area contributed by atoms with Crippen LogP contribution in [0, 0.1) is 0 Å². The van der Waals surface area contributed by atoms with Crippen molar-refractivity contribution in [2.75, 3.05) is 5.75 Å². The van der Waals surface area contributed by atoms with Gasteiger partial charge in [0.2, 0.25) is 0 Å². The van der Waals surface area contributed by atoms with Crippen molar-refractivity contribution in [3.05, 3.63) is 27.9 Å². The molecule has 0 aliphatic carbocycles. The second kappa shape index (κ2) is 6.75. The van der Waals surface area contributed by atoms with Gasteiger partial charge in [0.05, 0.1) is 10.9 Å². The number of nitrogens with zero attached hydrogens (tertiary/aromatic N) is 1. The maximum Gasteiger partial charge on any atom is 0.251 e. The van der Waals surface area contributed by atoms with Gasteiger partial charge in [-0.15, -0.1) is 11.8 Å². The molecule has 2 rings (SSSR count). The molecule has 0 bridgehead atoms. The van der Waals surface area contributed by atoms with Crippen molar-refractivity contribution in [2.24, 2.45) is 0 Å². The van der Waals surface area contributed by atoms with Gasteiger partial charge in [-0.3, -0.25) is 4.79 Å². The van der Waals surface area contributed by atoms with Crippen LogP contribution in [0.5, 0.6) is 0 Å². The van der Waals surface area contributed by atoms with Crippen LogP contribution < -0.4 is 10.9 Å². The average Bonchev–Trinajstić information content (AvgIpc) is 2.38. The van der Waals surface area contributed by atoms with Crippen LogP contribution in [0.15, 0.2) is 10.9 Å². The highest BCUT2D eigenvalue weighted by Crippen LogP contribution is 2.42.